The number of halogens is 2. The van der Waals surface area contributed by atoms with Crippen LogP contribution < -0.4 is 5.32 Å². The molecule has 2 heterocycles. The molecular formula is C28H32Cl2N4O2. The fourth-order valence-electron chi connectivity index (χ4n) is 5.23. The quantitative estimate of drug-likeness (QED) is 0.453. The summed E-state index contributed by atoms with van der Waals surface area (Å²) >= 11 is 12.7. The Kier molecular flexibility index (Phi) is 7.01. The molecule has 36 heavy (non-hydrogen) atoms. The molecule has 3 aliphatic rings. The highest BCUT2D eigenvalue weighted by molar-refractivity contribution is 6.37. The molecule has 3 atom stereocenters. The number of hydrogen-bond donors (Lipinski definition) is 1. The van der Waals surface area contributed by atoms with Gasteiger partial charge < -0.3 is 15.0 Å². The Balaban J connectivity index is 1.35. The first-order valence-electron chi connectivity index (χ1n) is 12.6. The highest BCUT2D eigenvalue weighted by atomic mass is 35.5. The average Bonchev–Trinajstić information content (AvgIpc) is 2.84. The van der Waals surface area contributed by atoms with E-state index in [1.165, 1.54) is 11.1 Å². The van der Waals surface area contributed by atoms with E-state index >= 15 is 0 Å². The number of fused-ring (bicyclic) bond motifs is 3. The normalized spacial score (nSPS) is 23.7. The number of nitrogens with zero attached hydrogens (tertiary/aromatic N) is 3. The lowest BCUT2D eigenvalue weighted by Gasteiger charge is -2.34. The number of hydrogen-bond acceptors (Lipinski definition) is 5. The number of aromatic nitrogens is 2. The van der Waals surface area contributed by atoms with Crippen LogP contribution in [-0.2, 0) is 11.2 Å². The third kappa shape index (κ3) is 5.40. The zero-order valence-corrected chi connectivity index (χ0v) is 22.4. The van der Waals surface area contributed by atoms with Crippen LogP contribution in [0.15, 0.2) is 53.2 Å². The summed E-state index contributed by atoms with van der Waals surface area (Å²) in [7, 11) is 0. The molecule has 0 bridgehead atoms. The number of carbonyl (C=O) groups excluding carboxylic acids is 1. The SMILES string of the molecule is CC(C)(C)OC(=O)N1CCC[C@@H](Nc2ncc3c(n2)-c2ccccc2[C@H](C2=CC=C(Cl)C(Cl)C2)C3)C1. The molecule has 1 aromatic heterocycles. The standard InChI is InChI=1S/C28H32Cl2N4O2/c1-28(2,3)36-27(35)34-12-6-7-19(16-34)32-26-31-15-18-13-22(17-10-11-23(29)24(30)14-17)20-8-4-5-9-21(20)25(18)33-26/h4-5,8-11,15,19,22,24H,6-7,12-14,16H2,1-3H3,(H,31,32,33)/t19-,22+,24?/m1/s1. The van der Waals surface area contributed by atoms with Crippen LogP contribution in [0.2, 0.25) is 0 Å². The fraction of sp³-hybridized carbons (Fsp3) is 0.464. The molecule has 1 fully saturated rings. The van der Waals surface area contributed by atoms with Gasteiger partial charge in [0.2, 0.25) is 5.95 Å². The highest BCUT2D eigenvalue weighted by Crippen LogP contribution is 2.45. The summed E-state index contributed by atoms with van der Waals surface area (Å²) in [6.07, 6.45) is 9.11. The van der Waals surface area contributed by atoms with Crippen molar-refractivity contribution < 1.29 is 9.53 Å². The van der Waals surface area contributed by atoms with Crippen LogP contribution in [0.25, 0.3) is 11.3 Å². The molecule has 1 aromatic carbocycles. The number of anilines is 1. The summed E-state index contributed by atoms with van der Waals surface area (Å²) in [4.78, 5) is 23.9. The number of amides is 1. The molecule has 190 valence electrons. The van der Waals surface area contributed by atoms with E-state index in [-0.39, 0.29) is 23.4 Å². The highest BCUT2D eigenvalue weighted by Gasteiger charge is 2.32. The first-order valence-corrected chi connectivity index (χ1v) is 13.4. The van der Waals surface area contributed by atoms with Crippen molar-refractivity contribution in [3.63, 3.8) is 0 Å². The number of likely N-dealkylation sites (tertiary alicyclic amines) is 1. The smallest absolute Gasteiger partial charge is 0.410 e. The summed E-state index contributed by atoms with van der Waals surface area (Å²) in [5.41, 5.74) is 5.24. The van der Waals surface area contributed by atoms with E-state index in [1.54, 1.807) is 4.90 Å². The lowest BCUT2D eigenvalue weighted by Crippen LogP contribution is -2.47. The van der Waals surface area contributed by atoms with Crippen LogP contribution in [0.5, 0.6) is 0 Å². The predicted octanol–water partition coefficient (Wildman–Crippen LogP) is 6.65. The minimum atomic E-state index is -0.509. The van der Waals surface area contributed by atoms with Gasteiger partial charge in [0.1, 0.15) is 5.60 Å². The molecular weight excluding hydrogens is 495 g/mol. The molecule has 1 saturated heterocycles. The van der Waals surface area contributed by atoms with Crippen molar-refractivity contribution in [3.8, 4) is 11.3 Å². The second-order valence-corrected chi connectivity index (χ2v) is 11.7. The Bertz CT molecular complexity index is 1220. The molecule has 6 nitrogen and oxygen atoms in total. The van der Waals surface area contributed by atoms with E-state index < -0.39 is 5.60 Å². The number of benzene rings is 1. The van der Waals surface area contributed by atoms with Gasteiger partial charge in [-0.2, -0.15) is 0 Å². The van der Waals surface area contributed by atoms with Gasteiger partial charge in [-0.05, 0) is 63.7 Å². The van der Waals surface area contributed by atoms with Gasteiger partial charge in [-0.1, -0.05) is 47.5 Å². The number of nitrogens with one attached hydrogen (secondary N) is 1. The first-order chi connectivity index (χ1) is 17.2. The summed E-state index contributed by atoms with van der Waals surface area (Å²) in [5.74, 6) is 0.810. The number of rotatable bonds is 3. The Morgan fingerprint density at radius 2 is 2.00 bits per heavy atom. The van der Waals surface area contributed by atoms with Crippen LogP contribution in [0.4, 0.5) is 10.7 Å². The van der Waals surface area contributed by atoms with Gasteiger partial charge in [0.25, 0.3) is 0 Å². The molecule has 1 unspecified atom stereocenters. The van der Waals surface area contributed by atoms with Crippen LogP contribution >= 0.6 is 23.2 Å². The lowest BCUT2D eigenvalue weighted by atomic mass is 9.75. The van der Waals surface area contributed by atoms with Gasteiger partial charge in [-0.3, -0.25) is 0 Å². The maximum Gasteiger partial charge on any atom is 0.410 e. The van der Waals surface area contributed by atoms with Crippen molar-refractivity contribution >= 4 is 35.2 Å². The van der Waals surface area contributed by atoms with E-state index in [2.05, 4.69) is 40.6 Å². The van der Waals surface area contributed by atoms with Gasteiger partial charge in [-0.15, -0.1) is 11.6 Å². The third-order valence-corrected chi connectivity index (χ3v) is 7.80. The monoisotopic (exact) mass is 526 g/mol. The Morgan fingerprint density at radius 3 is 2.78 bits per heavy atom. The van der Waals surface area contributed by atoms with E-state index in [0.717, 1.165) is 42.5 Å². The van der Waals surface area contributed by atoms with E-state index in [1.807, 2.05) is 33.0 Å². The molecule has 2 aliphatic carbocycles. The van der Waals surface area contributed by atoms with Crippen LogP contribution in [-0.4, -0.2) is 51.1 Å². The van der Waals surface area contributed by atoms with Crippen molar-refractivity contribution in [1.82, 2.24) is 14.9 Å². The average molecular weight is 527 g/mol. The zero-order chi connectivity index (χ0) is 25.4. The third-order valence-electron chi connectivity index (χ3n) is 6.90. The maximum atomic E-state index is 12.6. The second-order valence-electron chi connectivity index (χ2n) is 10.8. The van der Waals surface area contributed by atoms with Crippen molar-refractivity contribution in [2.75, 3.05) is 18.4 Å². The van der Waals surface area contributed by atoms with Crippen LogP contribution in [0.1, 0.15) is 57.1 Å². The molecule has 8 heteroatoms. The van der Waals surface area contributed by atoms with Crippen molar-refractivity contribution in [2.24, 2.45) is 0 Å². The molecule has 1 N–H and O–H groups in total. The van der Waals surface area contributed by atoms with Crippen LogP contribution in [0.3, 0.4) is 0 Å². The Hall–Kier alpha value is -2.57. The molecule has 0 radical (unpaired) electrons. The van der Waals surface area contributed by atoms with Gasteiger partial charge >= 0.3 is 6.09 Å². The maximum absolute atomic E-state index is 12.6. The Labute approximate surface area is 222 Å². The minimum absolute atomic E-state index is 0.0699. The van der Waals surface area contributed by atoms with Gasteiger partial charge in [0, 0.05) is 41.8 Å². The molecule has 0 saturated carbocycles. The summed E-state index contributed by atoms with van der Waals surface area (Å²) in [6.45, 7) is 6.93. The van der Waals surface area contributed by atoms with E-state index in [0.29, 0.717) is 24.1 Å². The molecule has 1 aliphatic heterocycles. The van der Waals surface area contributed by atoms with E-state index in [4.69, 9.17) is 32.9 Å². The predicted molar refractivity (Wildman–Crippen MR) is 145 cm³/mol. The molecule has 1 amide bonds. The van der Waals surface area contributed by atoms with E-state index in [9.17, 15) is 4.79 Å². The van der Waals surface area contributed by atoms with Crippen molar-refractivity contribution in [3.05, 3.63) is 64.3 Å². The fourth-order valence-corrected chi connectivity index (χ4v) is 5.62. The minimum Gasteiger partial charge on any atom is -0.444 e. The van der Waals surface area contributed by atoms with Gasteiger partial charge in [0.15, 0.2) is 0 Å². The topological polar surface area (TPSA) is 67.3 Å². The number of allylic oxidation sites excluding steroid dienone is 4. The zero-order valence-electron chi connectivity index (χ0n) is 20.9. The number of carbonyl (C=O) groups is 1. The lowest BCUT2D eigenvalue weighted by molar-refractivity contribution is 0.0206. The van der Waals surface area contributed by atoms with Crippen LogP contribution in [0, 0.1) is 0 Å². The second kappa shape index (κ2) is 10.1. The summed E-state index contributed by atoms with van der Waals surface area (Å²) < 4.78 is 5.57. The molecule has 2 aromatic rings. The van der Waals surface area contributed by atoms with Crippen molar-refractivity contribution in [2.45, 2.75) is 69.4 Å². The largest absolute Gasteiger partial charge is 0.444 e. The summed E-state index contributed by atoms with van der Waals surface area (Å²) in [5, 5.41) is 3.98. The summed E-state index contributed by atoms with van der Waals surface area (Å²) in [6, 6.07) is 8.51. The number of ether oxygens (including phenoxy) is 1. The Morgan fingerprint density at radius 1 is 1.19 bits per heavy atom. The van der Waals surface area contributed by atoms with Crippen molar-refractivity contribution in [1.29, 1.82) is 0 Å². The first kappa shape index (κ1) is 25.1. The molecule has 0 spiro atoms. The molecule has 5 rings (SSSR count). The number of piperidine rings is 1. The number of alkyl halides is 1. The van der Waals surface area contributed by atoms with Gasteiger partial charge in [0.05, 0.1) is 11.1 Å². The van der Waals surface area contributed by atoms with Gasteiger partial charge in [-0.25, -0.2) is 14.8 Å².